The molecule has 0 aliphatic heterocycles. The molecule has 0 saturated heterocycles. The number of halogens is 1. The Labute approximate surface area is 237 Å². The van der Waals surface area contributed by atoms with Crippen molar-refractivity contribution in [2.45, 2.75) is 59.2 Å². The molecule has 1 atom stereocenters. The van der Waals surface area contributed by atoms with Crippen LogP contribution in [0.3, 0.4) is 0 Å². The number of hydrogen-bond donors (Lipinski definition) is 1. The number of aryl methyl sites for hydroxylation is 2. The SMILES string of the molecule is Cc1ccc(C)c(N(CC(=O)N(Cc2ccc(F)cc2)[C@@H](Cc2ccccc2)C(=O)NC(C)(C)C)S(C)(=O)=O)c1. The number of hydrogen-bond acceptors (Lipinski definition) is 4. The van der Waals surface area contributed by atoms with Crippen LogP contribution in [-0.4, -0.2) is 49.5 Å². The van der Waals surface area contributed by atoms with Crippen molar-refractivity contribution in [3.63, 3.8) is 0 Å². The molecule has 0 saturated carbocycles. The van der Waals surface area contributed by atoms with Crippen molar-refractivity contribution in [1.82, 2.24) is 10.2 Å². The van der Waals surface area contributed by atoms with Crippen LogP contribution in [-0.2, 0) is 32.6 Å². The molecule has 0 unspecified atom stereocenters. The van der Waals surface area contributed by atoms with Crippen LogP contribution < -0.4 is 9.62 Å². The zero-order valence-corrected chi connectivity index (χ0v) is 24.8. The van der Waals surface area contributed by atoms with E-state index in [9.17, 15) is 22.4 Å². The predicted octanol–water partition coefficient (Wildman–Crippen LogP) is 4.76. The fraction of sp³-hybridized carbons (Fsp3) is 0.355. The van der Waals surface area contributed by atoms with E-state index in [1.54, 1.807) is 31.2 Å². The number of anilines is 1. The highest BCUT2D eigenvalue weighted by molar-refractivity contribution is 7.92. The fourth-order valence-corrected chi connectivity index (χ4v) is 5.28. The Bertz CT molecular complexity index is 1440. The van der Waals surface area contributed by atoms with Gasteiger partial charge in [-0.25, -0.2) is 12.8 Å². The van der Waals surface area contributed by atoms with Gasteiger partial charge < -0.3 is 10.2 Å². The lowest BCUT2D eigenvalue weighted by molar-refractivity contribution is -0.140. The van der Waals surface area contributed by atoms with Crippen molar-refractivity contribution in [2.75, 3.05) is 17.1 Å². The minimum atomic E-state index is -3.86. The molecular formula is C31H38FN3O4S. The fourth-order valence-electron chi connectivity index (χ4n) is 4.38. The van der Waals surface area contributed by atoms with Crippen molar-refractivity contribution in [3.05, 3.63) is 101 Å². The first-order valence-corrected chi connectivity index (χ1v) is 14.9. The Kier molecular flexibility index (Phi) is 9.73. The smallest absolute Gasteiger partial charge is 0.244 e. The molecule has 3 rings (SSSR count). The monoisotopic (exact) mass is 567 g/mol. The van der Waals surface area contributed by atoms with Gasteiger partial charge in [-0.1, -0.05) is 54.6 Å². The largest absolute Gasteiger partial charge is 0.350 e. The van der Waals surface area contributed by atoms with Crippen LogP contribution in [0.15, 0.2) is 72.8 Å². The molecule has 0 aliphatic rings. The summed E-state index contributed by atoms with van der Waals surface area (Å²) in [6.45, 7) is 8.66. The van der Waals surface area contributed by atoms with E-state index in [1.165, 1.54) is 17.0 Å². The molecule has 2 amide bonds. The van der Waals surface area contributed by atoms with Crippen LogP contribution in [0.25, 0.3) is 0 Å². The van der Waals surface area contributed by atoms with Gasteiger partial charge in [0.2, 0.25) is 21.8 Å². The van der Waals surface area contributed by atoms with Crippen LogP contribution in [0.4, 0.5) is 10.1 Å². The standard InChI is InChI=1S/C31H38FN3O4S/c1-22-12-13-23(2)27(18-22)35(40(6,38)39)21-29(36)34(20-25-14-16-26(32)17-15-25)28(30(37)33-31(3,4)5)19-24-10-8-7-9-11-24/h7-18,28H,19-21H2,1-6H3,(H,33,37)/t28-/m0/s1. The van der Waals surface area contributed by atoms with Gasteiger partial charge in [0.25, 0.3) is 0 Å². The lowest BCUT2D eigenvalue weighted by Crippen LogP contribution is -2.56. The molecule has 0 spiro atoms. The molecular weight excluding hydrogens is 529 g/mol. The Morgan fingerprint density at radius 2 is 1.55 bits per heavy atom. The van der Waals surface area contributed by atoms with Gasteiger partial charge in [-0.05, 0) is 75.1 Å². The molecule has 0 aliphatic carbocycles. The summed E-state index contributed by atoms with van der Waals surface area (Å²) in [6, 6.07) is 19.4. The minimum Gasteiger partial charge on any atom is -0.350 e. The first-order valence-electron chi connectivity index (χ1n) is 13.1. The number of nitrogens with one attached hydrogen (secondary N) is 1. The summed E-state index contributed by atoms with van der Waals surface area (Å²) >= 11 is 0. The maximum absolute atomic E-state index is 14.1. The lowest BCUT2D eigenvalue weighted by atomic mass is 10.0. The van der Waals surface area contributed by atoms with E-state index in [1.807, 2.05) is 64.1 Å². The molecule has 1 N–H and O–H groups in total. The molecule has 40 heavy (non-hydrogen) atoms. The zero-order chi connectivity index (χ0) is 29.7. The van der Waals surface area contributed by atoms with Gasteiger partial charge in [-0.2, -0.15) is 0 Å². The summed E-state index contributed by atoms with van der Waals surface area (Å²) in [5.41, 5.74) is 2.80. The van der Waals surface area contributed by atoms with Crippen molar-refractivity contribution in [2.24, 2.45) is 0 Å². The van der Waals surface area contributed by atoms with Gasteiger partial charge in [0.1, 0.15) is 18.4 Å². The number of carbonyl (C=O) groups is 2. The molecule has 0 fully saturated rings. The number of amides is 2. The van der Waals surface area contributed by atoms with Crippen molar-refractivity contribution in [3.8, 4) is 0 Å². The zero-order valence-electron chi connectivity index (χ0n) is 23.9. The number of carbonyl (C=O) groups excluding carboxylic acids is 2. The number of rotatable bonds is 10. The normalized spacial score (nSPS) is 12.5. The Balaban J connectivity index is 2.09. The third kappa shape index (κ3) is 8.64. The number of benzene rings is 3. The highest BCUT2D eigenvalue weighted by atomic mass is 32.2. The van der Waals surface area contributed by atoms with Crippen molar-refractivity contribution >= 4 is 27.5 Å². The van der Waals surface area contributed by atoms with Gasteiger partial charge in [-0.3, -0.25) is 13.9 Å². The van der Waals surface area contributed by atoms with Crippen LogP contribution >= 0.6 is 0 Å². The Hall–Kier alpha value is -3.72. The Morgan fingerprint density at radius 3 is 2.12 bits per heavy atom. The maximum Gasteiger partial charge on any atom is 0.244 e. The first kappa shape index (κ1) is 30.8. The summed E-state index contributed by atoms with van der Waals surface area (Å²) in [6.07, 6.45) is 1.26. The second kappa shape index (κ2) is 12.6. The summed E-state index contributed by atoms with van der Waals surface area (Å²) in [7, 11) is -3.86. The maximum atomic E-state index is 14.1. The molecule has 0 radical (unpaired) electrons. The van der Waals surface area contributed by atoms with E-state index >= 15 is 0 Å². The summed E-state index contributed by atoms with van der Waals surface area (Å²) in [4.78, 5) is 29.2. The second-order valence-corrected chi connectivity index (χ2v) is 13.1. The van der Waals surface area contributed by atoms with Crippen LogP contribution in [0.1, 0.15) is 43.0 Å². The van der Waals surface area contributed by atoms with Gasteiger partial charge in [0.05, 0.1) is 11.9 Å². The Morgan fingerprint density at radius 1 is 0.925 bits per heavy atom. The lowest BCUT2D eigenvalue weighted by Gasteiger charge is -2.35. The summed E-state index contributed by atoms with van der Waals surface area (Å²) in [5, 5.41) is 2.98. The molecule has 9 heteroatoms. The average molecular weight is 568 g/mol. The van der Waals surface area contributed by atoms with Crippen molar-refractivity contribution in [1.29, 1.82) is 0 Å². The van der Waals surface area contributed by atoms with E-state index in [-0.39, 0.29) is 18.9 Å². The van der Waals surface area contributed by atoms with Crippen LogP contribution in [0, 0.1) is 19.7 Å². The third-order valence-corrected chi connectivity index (χ3v) is 7.47. The number of nitrogens with zero attached hydrogens (tertiary/aromatic N) is 2. The van der Waals surface area contributed by atoms with E-state index < -0.39 is 39.9 Å². The van der Waals surface area contributed by atoms with Gasteiger partial charge in [0.15, 0.2) is 0 Å². The molecule has 7 nitrogen and oxygen atoms in total. The average Bonchev–Trinajstić information content (AvgIpc) is 2.86. The van der Waals surface area contributed by atoms with E-state index in [0.29, 0.717) is 16.8 Å². The van der Waals surface area contributed by atoms with E-state index in [2.05, 4.69) is 5.32 Å². The quantitative estimate of drug-likeness (QED) is 0.383. The van der Waals surface area contributed by atoms with Gasteiger partial charge >= 0.3 is 0 Å². The number of sulfonamides is 1. The van der Waals surface area contributed by atoms with E-state index in [4.69, 9.17) is 0 Å². The molecule has 0 aromatic heterocycles. The molecule has 3 aromatic rings. The topological polar surface area (TPSA) is 86.8 Å². The highest BCUT2D eigenvalue weighted by Gasteiger charge is 2.34. The molecule has 0 bridgehead atoms. The highest BCUT2D eigenvalue weighted by Crippen LogP contribution is 2.25. The van der Waals surface area contributed by atoms with Crippen LogP contribution in [0.2, 0.25) is 0 Å². The minimum absolute atomic E-state index is 0.0153. The summed E-state index contributed by atoms with van der Waals surface area (Å²) < 4.78 is 40.7. The van der Waals surface area contributed by atoms with Crippen LogP contribution in [0.5, 0.6) is 0 Å². The summed E-state index contributed by atoms with van der Waals surface area (Å²) in [5.74, 6) is -1.35. The molecule has 0 heterocycles. The van der Waals surface area contributed by atoms with Crippen molar-refractivity contribution < 1.29 is 22.4 Å². The van der Waals surface area contributed by atoms with Gasteiger partial charge in [0, 0.05) is 18.5 Å². The second-order valence-electron chi connectivity index (χ2n) is 11.2. The third-order valence-electron chi connectivity index (χ3n) is 6.35. The molecule has 214 valence electrons. The molecule has 3 aromatic carbocycles. The van der Waals surface area contributed by atoms with Gasteiger partial charge in [-0.15, -0.1) is 0 Å². The first-order chi connectivity index (χ1) is 18.6. The predicted molar refractivity (Wildman–Crippen MR) is 157 cm³/mol. The van der Waals surface area contributed by atoms with E-state index in [0.717, 1.165) is 21.7 Å².